The molecule has 1 aromatic rings. The number of hydrogen-bond acceptors (Lipinski definition) is 3. The molecule has 1 aliphatic heterocycles. The van der Waals surface area contributed by atoms with Crippen molar-refractivity contribution >= 4 is 0 Å². The first-order chi connectivity index (χ1) is 8.76. The highest BCUT2D eigenvalue weighted by Gasteiger charge is 2.22. The van der Waals surface area contributed by atoms with Crippen LogP contribution in [0.4, 0.5) is 0 Å². The Morgan fingerprint density at radius 3 is 2.83 bits per heavy atom. The van der Waals surface area contributed by atoms with Gasteiger partial charge in [-0.05, 0) is 18.4 Å². The van der Waals surface area contributed by atoms with Crippen molar-refractivity contribution in [1.29, 1.82) is 0 Å². The maximum absolute atomic E-state index is 5.92. The van der Waals surface area contributed by atoms with E-state index in [4.69, 9.17) is 16.9 Å². The van der Waals surface area contributed by atoms with E-state index in [1.165, 1.54) is 0 Å². The van der Waals surface area contributed by atoms with Crippen molar-refractivity contribution in [3.63, 3.8) is 0 Å². The van der Waals surface area contributed by atoms with Crippen molar-refractivity contribution < 1.29 is 4.74 Å². The standard InChI is InChI=1S/C15H16N2O/c1-3-12(16)15-14(4-2)18-10-13(17-15)11-8-6-5-7-9-11/h2-3,5-9,13,17H,10,16H2,1H3/b12-3+. The third kappa shape index (κ3) is 2.33. The monoisotopic (exact) mass is 240 g/mol. The van der Waals surface area contributed by atoms with Gasteiger partial charge < -0.3 is 15.8 Å². The summed E-state index contributed by atoms with van der Waals surface area (Å²) in [6.07, 6.45) is 7.22. The lowest BCUT2D eigenvalue weighted by Crippen LogP contribution is -2.33. The molecule has 0 saturated carbocycles. The second kappa shape index (κ2) is 5.33. The van der Waals surface area contributed by atoms with E-state index < -0.39 is 0 Å². The number of ether oxygens (including phenoxy) is 1. The molecule has 0 radical (unpaired) electrons. The Morgan fingerprint density at radius 2 is 2.22 bits per heavy atom. The lowest BCUT2D eigenvalue weighted by atomic mass is 10.1. The van der Waals surface area contributed by atoms with E-state index in [0.717, 1.165) is 5.56 Å². The molecule has 1 aromatic carbocycles. The van der Waals surface area contributed by atoms with Crippen LogP contribution < -0.4 is 11.1 Å². The second-order valence-corrected chi connectivity index (χ2v) is 4.01. The highest BCUT2D eigenvalue weighted by Crippen LogP contribution is 2.24. The first-order valence-electron chi connectivity index (χ1n) is 5.83. The molecule has 3 nitrogen and oxygen atoms in total. The zero-order chi connectivity index (χ0) is 13.0. The van der Waals surface area contributed by atoms with E-state index >= 15 is 0 Å². The summed E-state index contributed by atoms with van der Waals surface area (Å²) in [6, 6.07) is 10.1. The predicted molar refractivity (Wildman–Crippen MR) is 72.1 cm³/mol. The smallest absolute Gasteiger partial charge is 0.195 e. The quantitative estimate of drug-likeness (QED) is 0.778. The minimum atomic E-state index is 0.0665. The number of hydrogen-bond donors (Lipinski definition) is 2. The molecule has 0 aromatic heterocycles. The minimum Gasteiger partial charge on any atom is -0.481 e. The highest BCUT2D eigenvalue weighted by molar-refractivity contribution is 5.39. The molecule has 0 aliphatic carbocycles. The molecular weight excluding hydrogens is 224 g/mol. The van der Waals surface area contributed by atoms with E-state index in [1.807, 2.05) is 37.3 Å². The number of terminal acetylenes is 1. The van der Waals surface area contributed by atoms with Crippen molar-refractivity contribution in [1.82, 2.24) is 5.32 Å². The van der Waals surface area contributed by atoms with Gasteiger partial charge >= 0.3 is 0 Å². The van der Waals surface area contributed by atoms with E-state index in [9.17, 15) is 0 Å². The van der Waals surface area contributed by atoms with Crippen LogP contribution in [0.15, 0.2) is 53.6 Å². The molecule has 1 aliphatic rings. The summed E-state index contributed by atoms with van der Waals surface area (Å²) in [5.74, 6) is 2.99. The van der Waals surface area contributed by atoms with Gasteiger partial charge in [-0.3, -0.25) is 0 Å². The zero-order valence-electron chi connectivity index (χ0n) is 10.3. The van der Waals surface area contributed by atoms with E-state index in [-0.39, 0.29) is 6.04 Å². The van der Waals surface area contributed by atoms with Crippen LogP contribution in [0.3, 0.4) is 0 Å². The normalized spacial score (nSPS) is 19.8. The van der Waals surface area contributed by atoms with Gasteiger partial charge in [-0.25, -0.2) is 0 Å². The van der Waals surface area contributed by atoms with Crippen molar-refractivity contribution in [3.05, 3.63) is 59.1 Å². The third-order valence-corrected chi connectivity index (χ3v) is 2.87. The molecule has 1 atom stereocenters. The first kappa shape index (κ1) is 12.1. The molecule has 3 N–H and O–H groups in total. The SMILES string of the molecule is C#CC1=C(/C(N)=C\C)NC(c2ccccc2)CO1. The molecule has 0 saturated heterocycles. The predicted octanol–water partition coefficient (Wildman–Crippen LogP) is 2.05. The van der Waals surface area contributed by atoms with Crippen LogP contribution in [0.1, 0.15) is 18.5 Å². The highest BCUT2D eigenvalue weighted by atomic mass is 16.5. The molecule has 0 fully saturated rings. The molecule has 18 heavy (non-hydrogen) atoms. The van der Waals surface area contributed by atoms with Gasteiger partial charge in [0.25, 0.3) is 0 Å². The van der Waals surface area contributed by atoms with Crippen molar-refractivity contribution in [2.75, 3.05) is 6.61 Å². The summed E-state index contributed by atoms with van der Waals surface area (Å²) < 4.78 is 5.59. The maximum atomic E-state index is 5.92. The van der Waals surface area contributed by atoms with Crippen LogP contribution in [0.25, 0.3) is 0 Å². The van der Waals surface area contributed by atoms with Gasteiger partial charge in [-0.1, -0.05) is 36.4 Å². The van der Waals surface area contributed by atoms with E-state index in [1.54, 1.807) is 6.08 Å². The Bertz CT molecular complexity index is 523. The molecule has 1 unspecified atom stereocenters. The number of allylic oxidation sites excluding steroid dienone is 2. The fourth-order valence-corrected chi connectivity index (χ4v) is 1.86. The fourth-order valence-electron chi connectivity index (χ4n) is 1.86. The lowest BCUT2D eigenvalue weighted by molar-refractivity contribution is 0.171. The van der Waals surface area contributed by atoms with Gasteiger partial charge in [0.1, 0.15) is 12.3 Å². The van der Waals surface area contributed by atoms with Gasteiger partial charge in [0, 0.05) is 0 Å². The topological polar surface area (TPSA) is 47.3 Å². The zero-order valence-corrected chi connectivity index (χ0v) is 10.3. The summed E-state index contributed by atoms with van der Waals surface area (Å²) in [5.41, 5.74) is 8.36. The fraction of sp³-hybridized carbons (Fsp3) is 0.200. The molecule has 92 valence electrons. The summed E-state index contributed by atoms with van der Waals surface area (Å²) >= 11 is 0. The van der Waals surface area contributed by atoms with E-state index in [2.05, 4.69) is 11.2 Å². The molecular formula is C15H16N2O. The Morgan fingerprint density at radius 1 is 1.50 bits per heavy atom. The van der Waals surface area contributed by atoms with Crippen molar-refractivity contribution in [3.8, 4) is 12.3 Å². The Kier molecular flexibility index (Phi) is 3.59. The Labute approximate surface area is 107 Å². The lowest BCUT2D eigenvalue weighted by Gasteiger charge is -2.28. The average Bonchev–Trinajstić information content (AvgIpc) is 2.46. The number of nitrogens with two attached hydrogens (primary N) is 1. The third-order valence-electron chi connectivity index (χ3n) is 2.87. The summed E-state index contributed by atoms with van der Waals surface area (Å²) in [5, 5.41) is 3.34. The average molecular weight is 240 g/mol. The minimum absolute atomic E-state index is 0.0665. The largest absolute Gasteiger partial charge is 0.481 e. The van der Waals surface area contributed by atoms with Gasteiger partial charge in [-0.15, -0.1) is 6.42 Å². The molecule has 3 heteroatoms. The van der Waals surface area contributed by atoms with Crippen LogP contribution in [0, 0.1) is 12.3 Å². The number of benzene rings is 1. The molecule has 1 heterocycles. The van der Waals surface area contributed by atoms with Gasteiger partial charge in [0.05, 0.1) is 11.7 Å². The number of rotatable bonds is 2. The Balaban J connectivity index is 2.29. The van der Waals surface area contributed by atoms with Gasteiger partial charge in [0.2, 0.25) is 0 Å². The molecule has 0 amide bonds. The van der Waals surface area contributed by atoms with Crippen LogP contribution >= 0.6 is 0 Å². The molecule has 0 spiro atoms. The van der Waals surface area contributed by atoms with Crippen LogP contribution in [0.5, 0.6) is 0 Å². The summed E-state index contributed by atoms with van der Waals surface area (Å²) in [4.78, 5) is 0. The summed E-state index contributed by atoms with van der Waals surface area (Å²) in [7, 11) is 0. The van der Waals surface area contributed by atoms with Crippen LogP contribution in [-0.2, 0) is 4.74 Å². The second-order valence-electron chi connectivity index (χ2n) is 4.01. The molecule has 2 rings (SSSR count). The molecule has 0 bridgehead atoms. The van der Waals surface area contributed by atoms with Crippen LogP contribution in [0.2, 0.25) is 0 Å². The first-order valence-corrected chi connectivity index (χ1v) is 5.83. The van der Waals surface area contributed by atoms with E-state index in [0.29, 0.717) is 23.8 Å². The summed E-state index contributed by atoms with van der Waals surface area (Å²) in [6.45, 7) is 2.37. The van der Waals surface area contributed by atoms with Crippen molar-refractivity contribution in [2.24, 2.45) is 5.73 Å². The van der Waals surface area contributed by atoms with Crippen molar-refractivity contribution in [2.45, 2.75) is 13.0 Å². The Hall–Kier alpha value is -2.34. The van der Waals surface area contributed by atoms with Gasteiger partial charge in [0.15, 0.2) is 5.76 Å². The van der Waals surface area contributed by atoms with Crippen LogP contribution in [-0.4, -0.2) is 6.61 Å². The van der Waals surface area contributed by atoms with Gasteiger partial charge in [-0.2, -0.15) is 0 Å². The number of nitrogens with one attached hydrogen (secondary N) is 1. The maximum Gasteiger partial charge on any atom is 0.195 e.